The van der Waals surface area contributed by atoms with Gasteiger partial charge in [-0.15, -0.1) is 0 Å². The molecule has 8 heteroatoms. The first-order valence-electron chi connectivity index (χ1n) is 3.16. The van der Waals surface area contributed by atoms with Crippen molar-refractivity contribution in [3.63, 3.8) is 0 Å². The Labute approximate surface area is 93.1 Å². The van der Waals surface area contributed by atoms with Crippen molar-refractivity contribution in [3.8, 4) is 0 Å². The summed E-state index contributed by atoms with van der Waals surface area (Å²) in [6.07, 6.45) is 3.38. The molecular formula is C6H13N3O4Zn. The zero-order chi connectivity index (χ0) is 8.27. The van der Waals surface area contributed by atoms with E-state index < -0.39 is 12.0 Å². The average molecular weight is 257 g/mol. The quantitative estimate of drug-likeness (QED) is 0.520. The van der Waals surface area contributed by atoms with Crippen LogP contribution in [0.1, 0.15) is 5.69 Å². The topological polar surface area (TPSA) is 155 Å². The van der Waals surface area contributed by atoms with Gasteiger partial charge in [0, 0.05) is 32.1 Å². The Bertz CT molecular complexity index is 241. The van der Waals surface area contributed by atoms with Crippen LogP contribution in [0.4, 0.5) is 0 Å². The van der Waals surface area contributed by atoms with E-state index in [9.17, 15) is 4.79 Å². The van der Waals surface area contributed by atoms with E-state index in [1.165, 1.54) is 6.33 Å². The van der Waals surface area contributed by atoms with E-state index in [1.54, 1.807) is 6.20 Å². The molecule has 0 spiro atoms. The number of rotatable bonds is 3. The molecule has 0 saturated heterocycles. The number of aromatic nitrogens is 2. The van der Waals surface area contributed by atoms with Gasteiger partial charge in [-0.05, 0) is 0 Å². The van der Waals surface area contributed by atoms with Crippen LogP contribution in [0, 0.1) is 0 Å². The third kappa shape index (κ3) is 5.76. The van der Waals surface area contributed by atoms with Crippen molar-refractivity contribution >= 4 is 5.97 Å². The number of carbonyl (C=O) groups is 1. The van der Waals surface area contributed by atoms with E-state index >= 15 is 0 Å². The van der Waals surface area contributed by atoms with Gasteiger partial charge in [-0.1, -0.05) is 0 Å². The number of carboxylic acids is 1. The molecule has 1 unspecified atom stereocenters. The molecule has 0 saturated carbocycles. The number of imidazole rings is 1. The molecule has 14 heavy (non-hydrogen) atoms. The van der Waals surface area contributed by atoms with Gasteiger partial charge in [-0.3, -0.25) is 4.79 Å². The van der Waals surface area contributed by atoms with Gasteiger partial charge in [-0.25, -0.2) is 4.98 Å². The molecule has 78 valence electrons. The zero-order valence-corrected chi connectivity index (χ0v) is 10.5. The summed E-state index contributed by atoms with van der Waals surface area (Å²) >= 11 is 0. The first kappa shape index (κ1) is 18.9. The fourth-order valence-corrected chi connectivity index (χ4v) is 0.715. The van der Waals surface area contributed by atoms with Crippen LogP contribution < -0.4 is 5.73 Å². The molecule has 1 aromatic heterocycles. The fourth-order valence-electron chi connectivity index (χ4n) is 0.715. The number of hydrogen-bond acceptors (Lipinski definition) is 3. The second-order valence-corrected chi connectivity index (χ2v) is 2.21. The third-order valence-corrected chi connectivity index (χ3v) is 1.30. The molecule has 1 atom stereocenters. The molecule has 0 amide bonds. The van der Waals surface area contributed by atoms with Crippen LogP contribution in [0.15, 0.2) is 12.5 Å². The van der Waals surface area contributed by atoms with E-state index in [-0.39, 0.29) is 36.9 Å². The number of carboxylic acid groups (broad SMARTS) is 1. The predicted octanol–water partition coefficient (Wildman–Crippen LogP) is -2.29. The van der Waals surface area contributed by atoms with Crippen LogP contribution in [-0.2, 0) is 30.7 Å². The number of nitrogens with zero attached hydrogens (tertiary/aromatic N) is 1. The number of aliphatic carboxylic acids is 1. The summed E-state index contributed by atoms with van der Waals surface area (Å²) in [6.45, 7) is 0. The summed E-state index contributed by atoms with van der Waals surface area (Å²) in [7, 11) is 0. The molecule has 0 aromatic carbocycles. The Morgan fingerprint density at radius 2 is 2.21 bits per heavy atom. The SMILES string of the molecule is NC(Cc1c[nH]cn1)C(=O)O.O.O.[Zn]. The molecule has 0 aliphatic rings. The van der Waals surface area contributed by atoms with Crippen LogP contribution in [0.5, 0.6) is 0 Å². The summed E-state index contributed by atoms with van der Waals surface area (Å²) in [5, 5.41) is 8.42. The molecular weight excluding hydrogens is 243 g/mol. The molecule has 0 aliphatic carbocycles. The third-order valence-electron chi connectivity index (χ3n) is 1.30. The summed E-state index contributed by atoms with van der Waals surface area (Å²) in [4.78, 5) is 16.8. The van der Waals surface area contributed by atoms with Crippen molar-refractivity contribution in [2.75, 3.05) is 0 Å². The predicted molar refractivity (Wildman–Crippen MR) is 45.1 cm³/mol. The van der Waals surface area contributed by atoms with E-state index in [0.717, 1.165) is 0 Å². The van der Waals surface area contributed by atoms with E-state index in [2.05, 4.69) is 9.97 Å². The molecule has 8 N–H and O–H groups in total. The van der Waals surface area contributed by atoms with Gasteiger partial charge in [0.15, 0.2) is 0 Å². The van der Waals surface area contributed by atoms with Crippen LogP contribution in [0.3, 0.4) is 0 Å². The molecule has 1 heterocycles. The maximum atomic E-state index is 10.3. The van der Waals surface area contributed by atoms with Gasteiger partial charge in [0.25, 0.3) is 0 Å². The summed E-state index contributed by atoms with van der Waals surface area (Å²) < 4.78 is 0. The molecule has 7 nitrogen and oxygen atoms in total. The number of hydrogen-bond donors (Lipinski definition) is 3. The van der Waals surface area contributed by atoms with Gasteiger partial charge >= 0.3 is 5.97 Å². The molecule has 0 radical (unpaired) electrons. The second-order valence-electron chi connectivity index (χ2n) is 2.21. The van der Waals surface area contributed by atoms with Gasteiger partial charge in [0.2, 0.25) is 0 Å². The number of aromatic amines is 1. The molecule has 0 bridgehead atoms. The van der Waals surface area contributed by atoms with Gasteiger partial charge < -0.3 is 26.8 Å². The van der Waals surface area contributed by atoms with Crippen molar-refractivity contribution in [3.05, 3.63) is 18.2 Å². The first-order valence-corrected chi connectivity index (χ1v) is 3.16. The largest absolute Gasteiger partial charge is 0.480 e. The standard InChI is InChI=1S/C6H9N3O2.2H2O.Zn/c7-5(6(10)11)1-4-2-8-3-9-4;;;/h2-3,5H,1,7H2,(H,8,9)(H,10,11);2*1H2;. The molecule has 0 fully saturated rings. The minimum atomic E-state index is -1.01. The normalized spacial score (nSPS) is 10.1. The summed E-state index contributed by atoms with van der Waals surface area (Å²) in [6, 6.07) is -0.863. The number of H-pyrrole nitrogens is 1. The van der Waals surface area contributed by atoms with Crippen LogP contribution >= 0.6 is 0 Å². The molecule has 0 aliphatic heterocycles. The molecule has 1 rings (SSSR count). The maximum Gasteiger partial charge on any atom is 0.320 e. The van der Waals surface area contributed by atoms with Crippen LogP contribution in [0.2, 0.25) is 0 Å². The number of nitrogens with two attached hydrogens (primary N) is 1. The minimum absolute atomic E-state index is 0. The van der Waals surface area contributed by atoms with Crippen molar-refractivity contribution in [1.29, 1.82) is 0 Å². The maximum absolute atomic E-state index is 10.3. The minimum Gasteiger partial charge on any atom is -0.480 e. The van der Waals surface area contributed by atoms with Crippen molar-refractivity contribution in [1.82, 2.24) is 9.97 Å². The van der Waals surface area contributed by atoms with E-state index in [0.29, 0.717) is 5.69 Å². The van der Waals surface area contributed by atoms with E-state index in [4.69, 9.17) is 10.8 Å². The summed E-state index contributed by atoms with van der Waals surface area (Å²) in [5.74, 6) is -1.01. The number of nitrogens with one attached hydrogen (secondary N) is 1. The Kier molecular flexibility index (Phi) is 11.8. The molecule has 1 aromatic rings. The Balaban J connectivity index is -0.000000403. The van der Waals surface area contributed by atoms with Crippen molar-refractivity contribution < 1.29 is 40.3 Å². The van der Waals surface area contributed by atoms with Crippen LogP contribution in [-0.4, -0.2) is 38.0 Å². The first-order chi connectivity index (χ1) is 5.20. The second kappa shape index (κ2) is 8.77. The summed E-state index contributed by atoms with van der Waals surface area (Å²) in [5.41, 5.74) is 5.92. The van der Waals surface area contributed by atoms with Gasteiger partial charge in [0.1, 0.15) is 6.04 Å². The Hall–Kier alpha value is -0.817. The zero-order valence-electron chi connectivity index (χ0n) is 7.53. The smallest absolute Gasteiger partial charge is 0.320 e. The van der Waals surface area contributed by atoms with E-state index in [1.807, 2.05) is 0 Å². The fraction of sp³-hybridized carbons (Fsp3) is 0.333. The van der Waals surface area contributed by atoms with Crippen molar-refractivity contribution in [2.45, 2.75) is 12.5 Å². The Morgan fingerprint density at radius 1 is 1.64 bits per heavy atom. The monoisotopic (exact) mass is 255 g/mol. The van der Waals surface area contributed by atoms with Crippen molar-refractivity contribution in [2.24, 2.45) is 5.73 Å². The van der Waals surface area contributed by atoms with Gasteiger partial charge in [0.05, 0.1) is 12.0 Å². The van der Waals surface area contributed by atoms with Crippen LogP contribution in [0.25, 0.3) is 0 Å². The Morgan fingerprint density at radius 3 is 2.57 bits per heavy atom. The average Bonchev–Trinajstić information content (AvgIpc) is 2.39. The van der Waals surface area contributed by atoms with Gasteiger partial charge in [-0.2, -0.15) is 0 Å².